The second kappa shape index (κ2) is 12.3. The summed E-state index contributed by atoms with van der Waals surface area (Å²) >= 11 is 2.07. The number of fused-ring (bicyclic) bond motifs is 1. The smallest absolute Gasteiger partial charge is 0.296 e. The van der Waals surface area contributed by atoms with E-state index in [9.17, 15) is 8.78 Å². The average molecular weight is 558 g/mol. The van der Waals surface area contributed by atoms with Crippen LogP contribution in [-0.4, -0.2) is 76.0 Å². The van der Waals surface area contributed by atoms with Gasteiger partial charge >= 0.3 is 0 Å². The molecule has 3 fully saturated rings. The molecule has 6 rings (SSSR count). The van der Waals surface area contributed by atoms with Crippen LogP contribution in [0.1, 0.15) is 50.8 Å². The highest BCUT2D eigenvalue weighted by molar-refractivity contribution is 7.99. The maximum atomic E-state index is 14.1. The number of para-hydroxylation sites is 2. The fourth-order valence-corrected chi connectivity index (χ4v) is 7.07. The summed E-state index contributed by atoms with van der Waals surface area (Å²) < 4.78 is 35.2. The van der Waals surface area contributed by atoms with Gasteiger partial charge in [0.2, 0.25) is 5.95 Å². The van der Waals surface area contributed by atoms with E-state index < -0.39 is 6.43 Å². The predicted octanol–water partition coefficient (Wildman–Crippen LogP) is 5.05. The third-order valence-electron chi connectivity index (χ3n) is 8.13. The standard InChI is InChI=1S/C28H37F2N7OS/c29-26(30)27-33-22-3-1-2-4-23(22)37(27)25-17-24(36-11-13-38-14-12-36)34-28(35-25)31-18-19-5-7-20(8-6-19)32-21-9-15-39-16-10-21/h1-4,17,19-21,26,32H,5-16,18H2,(H,31,34,35)/t19-,20-. The molecule has 3 aliphatic rings. The number of imidazole rings is 1. The molecule has 2 N–H and O–H groups in total. The summed E-state index contributed by atoms with van der Waals surface area (Å²) in [5.74, 6) is 4.35. The summed E-state index contributed by atoms with van der Waals surface area (Å²) in [6.07, 6.45) is 4.53. The van der Waals surface area contributed by atoms with E-state index in [1.54, 1.807) is 24.3 Å². The molecule has 0 bridgehead atoms. The SMILES string of the molecule is FC(F)c1nc2ccccc2n1-c1cc(N2CCOCC2)nc(NC[C@H]2CC[C@H](NC3CCSCC3)CC2)n1. The molecule has 1 aromatic carbocycles. The number of anilines is 2. The number of halogens is 2. The Kier molecular flexibility index (Phi) is 8.46. The van der Waals surface area contributed by atoms with E-state index in [4.69, 9.17) is 14.7 Å². The molecule has 11 heteroatoms. The summed E-state index contributed by atoms with van der Waals surface area (Å²) in [5, 5.41) is 7.37. The first kappa shape index (κ1) is 26.7. The molecular formula is C28H37F2N7OS. The number of aromatic nitrogens is 4. The summed E-state index contributed by atoms with van der Waals surface area (Å²) in [6.45, 7) is 3.37. The first-order valence-corrected chi connectivity index (χ1v) is 15.3. The van der Waals surface area contributed by atoms with E-state index >= 15 is 0 Å². The highest BCUT2D eigenvalue weighted by Crippen LogP contribution is 2.30. The molecule has 0 spiro atoms. The number of nitrogens with one attached hydrogen (secondary N) is 2. The molecule has 39 heavy (non-hydrogen) atoms. The number of hydrogen-bond donors (Lipinski definition) is 2. The highest BCUT2D eigenvalue weighted by Gasteiger charge is 2.26. The van der Waals surface area contributed by atoms with Crippen LogP contribution in [0.15, 0.2) is 30.3 Å². The van der Waals surface area contributed by atoms with Gasteiger partial charge in [-0.05, 0) is 68.1 Å². The largest absolute Gasteiger partial charge is 0.378 e. The van der Waals surface area contributed by atoms with Crippen molar-refractivity contribution < 1.29 is 13.5 Å². The minimum absolute atomic E-state index is 0.309. The fourth-order valence-electron chi connectivity index (χ4n) is 5.97. The molecule has 0 unspecified atom stereocenters. The molecule has 4 heterocycles. The van der Waals surface area contributed by atoms with Gasteiger partial charge < -0.3 is 20.3 Å². The zero-order valence-electron chi connectivity index (χ0n) is 22.2. The van der Waals surface area contributed by atoms with Crippen molar-refractivity contribution in [3.8, 4) is 5.82 Å². The van der Waals surface area contributed by atoms with Gasteiger partial charge in [-0.15, -0.1) is 0 Å². The van der Waals surface area contributed by atoms with Gasteiger partial charge in [0, 0.05) is 37.8 Å². The summed E-state index contributed by atoms with van der Waals surface area (Å²) in [7, 11) is 0. The lowest BCUT2D eigenvalue weighted by Gasteiger charge is -2.33. The average Bonchev–Trinajstić information content (AvgIpc) is 3.38. The molecule has 1 aliphatic carbocycles. The van der Waals surface area contributed by atoms with Crippen molar-refractivity contribution in [2.24, 2.45) is 5.92 Å². The first-order chi connectivity index (χ1) is 19.1. The highest BCUT2D eigenvalue weighted by atomic mass is 32.2. The second-order valence-electron chi connectivity index (χ2n) is 10.8. The number of thioether (sulfide) groups is 1. The quantitative estimate of drug-likeness (QED) is 0.399. The lowest BCUT2D eigenvalue weighted by molar-refractivity contribution is 0.122. The third kappa shape index (κ3) is 6.30. The lowest BCUT2D eigenvalue weighted by Crippen LogP contribution is -2.42. The van der Waals surface area contributed by atoms with Crippen LogP contribution < -0.4 is 15.5 Å². The van der Waals surface area contributed by atoms with E-state index in [1.807, 2.05) is 6.07 Å². The Morgan fingerprint density at radius 3 is 2.41 bits per heavy atom. The van der Waals surface area contributed by atoms with E-state index in [0.29, 0.717) is 72.9 Å². The first-order valence-electron chi connectivity index (χ1n) is 14.2. The Balaban J connectivity index is 1.20. The van der Waals surface area contributed by atoms with Crippen molar-refractivity contribution in [2.75, 3.05) is 54.6 Å². The topological polar surface area (TPSA) is 80.1 Å². The van der Waals surface area contributed by atoms with E-state index in [-0.39, 0.29) is 5.82 Å². The van der Waals surface area contributed by atoms with Crippen molar-refractivity contribution in [2.45, 2.75) is 57.0 Å². The molecule has 0 atom stereocenters. The Morgan fingerprint density at radius 1 is 0.923 bits per heavy atom. The van der Waals surface area contributed by atoms with Gasteiger partial charge in [-0.25, -0.2) is 13.8 Å². The van der Waals surface area contributed by atoms with Crippen LogP contribution in [0.25, 0.3) is 16.9 Å². The fraction of sp³-hybridized carbons (Fsp3) is 0.607. The van der Waals surface area contributed by atoms with E-state index in [1.165, 1.54) is 41.8 Å². The molecule has 3 aromatic rings. The second-order valence-corrected chi connectivity index (χ2v) is 12.0. The molecule has 0 radical (unpaired) electrons. The molecule has 2 aromatic heterocycles. The normalized spacial score (nSPS) is 23.0. The van der Waals surface area contributed by atoms with E-state index in [0.717, 1.165) is 19.4 Å². The predicted molar refractivity (Wildman–Crippen MR) is 152 cm³/mol. The number of hydrogen-bond acceptors (Lipinski definition) is 8. The maximum Gasteiger partial charge on any atom is 0.296 e. The van der Waals surface area contributed by atoms with Gasteiger partial charge in [0.1, 0.15) is 11.6 Å². The Hall–Kier alpha value is -2.50. The van der Waals surface area contributed by atoms with Gasteiger partial charge in [-0.1, -0.05) is 12.1 Å². The Labute approximate surface area is 232 Å². The van der Waals surface area contributed by atoms with Gasteiger partial charge in [0.25, 0.3) is 6.43 Å². The van der Waals surface area contributed by atoms with Crippen molar-refractivity contribution >= 4 is 34.6 Å². The number of ether oxygens (including phenoxy) is 1. The molecular weight excluding hydrogens is 520 g/mol. The summed E-state index contributed by atoms with van der Waals surface area (Å²) in [5.41, 5.74) is 1.12. The molecule has 8 nitrogen and oxygen atoms in total. The molecule has 1 saturated carbocycles. The zero-order chi connectivity index (χ0) is 26.6. The third-order valence-corrected chi connectivity index (χ3v) is 9.18. The molecule has 0 amide bonds. The van der Waals surface area contributed by atoms with Gasteiger partial charge in [-0.3, -0.25) is 4.57 Å². The van der Waals surface area contributed by atoms with E-state index in [2.05, 4.69) is 32.3 Å². The van der Waals surface area contributed by atoms with Crippen molar-refractivity contribution in [3.05, 3.63) is 36.2 Å². The monoisotopic (exact) mass is 557 g/mol. The van der Waals surface area contributed by atoms with Crippen LogP contribution in [-0.2, 0) is 4.74 Å². The van der Waals surface area contributed by atoms with Crippen LogP contribution in [0.2, 0.25) is 0 Å². The van der Waals surface area contributed by atoms with Crippen molar-refractivity contribution in [3.63, 3.8) is 0 Å². The van der Waals surface area contributed by atoms with Crippen LogP contribution in [0, 0.1) is 5.92 Å². The summed E-state index contributed by atoms with van der Waals surface area (Å²) in [6, 6.07) is 10.3. The lowest BCUT2D eigenvalue weighted by atomic mass is 9.85. The zero-order valence-corrected chi connectivity index (χ0v) is 23.0. The number of rotatable bonds is 8. The maximum absolute atomic E-state index is 14.1. The summed E-state index contributed by atoms with van der Waals surface area (Å²) in [4.78, 5) is 15.9. The molecule has 2 aliphatic heterocycles. The van der Waals surface area contributed by atoms with Crippen molar-refractivity contribution in [1.29, 1.82) is 0 Å². The molecule has 210 valence electrons. The molecule has 2 saturated heterocycles. The van der Waals surface area contributed by atoms with Crippen LogP contribution >= 0.6 is 11.8 Å². The van der Waals surface area contributed by atoms with Crippen molar-refractivity contribution in [1.82, 2.24) is 24.8 Å². The van der Waals surface area contributed by atoms with Crippen LogP contribution in [0.4, 0.5) is 20.5 Å². The number of nitrogens with zero attached hydrogens (tertiary/aromatic N) is 5. The Bertz CT molecular complexity index is 1240. The van der Waals surface area contributed by atoms with Crippen LogP contribution in [0.3, 0.4) is 0 Å². The number of alkyl halides is 2. The minimum Gasteiger partial charge on any atom is -0.378 e. The van der Waals surface area contributed by atoms with Gasteiger partial charge in [-0.2, -0.15) is 21.7 Å². The van der Waals surface area contributed by atoms with Gasteiger partial charge in [0.05, 0.1) is 24.2 Å². The number of benzene rings is 1. The number of morpholine rings is 1. The van der Waals surface area contributed by atoms with Crippen LogP contribution in [0.5, 0.6) is 0 Å². The minimum atomic E-state index is -2.73. The Morgan fingerprint density at radius 2 is 1.64 bits per heavy atom. The van der Waals surface area contributed by atoms with Gasteiger partial charge in [0.15, 0.2) is 5.82 Å².